The number of unbranched alkanes of at least 4 members (excludes halogenated alkanes) is 8. The lowest BCUT2D eigenvalue weighted by Gasteiger charge is -2.18. The van der Waals surface area contributed by atoms with Crippen LogP contribution >= 0.6 is 0 Å². The highest BCUT2D eigenvalue weighted by Gasteiger charge is 2.16. The molecule has 4 nitrogen and oxygen atoms in total. The van der Waals surface area contributed by atoms with Crippen molar-refractivity contribution in [1.82, 2.24) is 0 Å². The van der Waals surface area contributed by atoms with Gasteiger partial charge in [-0.2, -0.15) is 0 Å². The number of rotatable bonds is 15. The first-order valence-electron chi connectivity index (χ1n) is 8.87. The first kappa shape index (κ1) is 20.9. The topological polar surface area (TPSA) is 74.6 Å². The van der Waals surface area contributed by atoms with Crippen molar-refractivity contribution in [2.24, 2.45) is 11.8 Å². The normalized spacial score (nSPS) is 12.5. The lowest BCUT2D eigenvalue weighted by atomic mass is 9.87. The summed E-state index contributed by atoms with van der Waals surface area (Å²) >= 11 is 0. The SMILES string of the molecule is CC(C)C(CCCCCCCCCCCC(=O)O)CC(=O)O. The maximum atomic E-state index is 10.8. The van der Waals surface area contributed by atoms with Crippen molar-refractivity contribution in [2.45, 2.75) is 90.9 Å². The summed E-state index contributed by atoms with van der Waals surface area (Å²) in [7, 11) is 0. The Hall–Kier alpha value is -1.06. The van der Waals surface area contributed by atoms with Gasteiger partial charge in [0.25, 0.3) is 0 Å². The van der Waals surface area contributed by atoms with Gasteiger partial charge in [0.2, 0.25) is 0 Å². The minimum atomic E-state index is -0.692. The number of carboxylic acids is 2. The van der Waals surface area contributed by atoms with Gasteiger partial charge in [-0.3, -0.25) is 9.59 Å². The van der Waals surface area contributed by atoms with Crippen LogP contribution < -0.4 is 0 Å². The molecule has 0 aromatic carbocycles. The van der Waals surface area contributed by atoms with Gasteiger partial charge in [-0.05, 0) is 24.7 Å². The molecule has 130 valence electrons. The van der Waals surface area contributed by atoms with Gasteiger partial charge in [-0.15, -0.1) is 0 Å². The van der Waals surface area contributed by atoms with Gasteiger partial charge in [0.05, 0.1) is 0 Å². The zero-order valence-electron chi connectivity index (χ0n) is 14.4. The second-order valence-electron chi connectivity index (χ2n) is 6.72. The van der Waals surface area contributed by atoms with Crippen LogP contribution in [0.25, 0.3) is 0 Å². The Morgan fingerprint density at radius 2 is 1.18 bits per heavy atom. The molecule has 0 fully saturated rings. The van der Waals surface area contributed by atoms with Crippen LogP contribution in [0.5, 0.6) is 0 Å². The van der Waals surface area contributed by atoms with E-state index in [0.717, 1.165) is 32.1 Å². The molecule has 0 heterocycles. The van der Waals surface area contributed by atoms with E-state index in [0.29, 0.717) is 24.7 Å². The molecule has 0 saturated carbocycles. The molecule has 0 amide bonds. The molecule has 1 atom stereocenters. The first-order valence-corrected chi connectivity index (χ1v) is 8.87. The van der Waals surface area contributed by atoms with Crippen LogP contribution in [0.4, 0.5) is 0 Å². The average molecular weight is 314 g/mol. The summed E-state index contributed by atoms with van der Waals surface area (Å²) in [6, 6.07) is 0. The Kier molecular flexibility index (Phi) is 12.9. The molecule has 4 heteroatoms. The third-order valence-electron chi connectivity index (χ3n) is 4.35. The molecule has 0 aromatic heterocycles. The van der Waals surface area contributed by atoms with Gasteiger partial charge in [0, 0.05) is 12.8 Å². The second-order valence-corrected chi connectivity index (χ2v) is 6.72. The highest BCUT2D eigenvalue weighted by atomic mass is 16.4. The molecular weight excluding hydrogens is 280 g/mol. The van der Waals surface area contributed by atoms with Crippen molar-refractivity contribution in [3.8, 4) is 0 Å². The molecule has 0 spiro atoms. The Morgan fingerprint density at radius 3 is 1.59 bits per heavy atom. The Labute approximate surface area is 135 Å². The molecule has 1 unspecified atom stereocenters. The summed E-state index contributed by atoms with van der Waals surface area (Å²) in [5.41, 5.74) is 0. The minimum Gasteiger partial charge on any atom is -0.481 e. The van der Waals surface area contributed by atoms with Crippen molar-refractivity contribution in [1.29, 1.82) is 0 Å². The van der Waals surface area contributed by atoms with Crippen molar-refractivity contribution in [3.05, 3.63) is 0 Å². The van der Waals surface area contributed by atoms with Crippen molar-refractivity contribution in [3.63, 3.8) is 0 Å². The molecule has 0 aliphatic heterocycles. The molecule has 2 N–H and O–H groups in total. The molecule has 0 rings (SSSR count). The van der Waals surface area contributed by atoms with Crippen LogP contribution in [0.15, 0.2) is 0 Å². The predicted octanol–water partition coefficient (Wildman–Crippen LogP) is 5.11. The fourth-order valence-corrected chi connectivity index (χ4v) is 2.82. The zero-order chi connectivity index (χ0) is 16.8. The predicted molar refractivity (Wildman–Crippen MR) is 89.0 cm³/mol. The molecular formula is C18H34O4. The number of hydrogen-bond acceptors (Lipinski definition) is 2. The highest BCUT2D eigenvalue weighted by Crippen LogP contribution is 2.22. The molecule has 0 saturated heterocycles. The molecule has 0 bridgehead atoms. The van der Waals surface area contributed by atoms with Crippen LogP contribution in [-0.2, 0) is 9.59 Å². The van der Waals surface area contributed by atoms with E-state index in [1.54, 1.807) is 0 Å². The third kappa shape index (κ3) is 13.9. The summed E-state index contributed by atoms with van der Waals surface area (Å²) in [5, 5.41) is 17.4. The van der Waals surface area contributed by atoms with Gasteiger partial charge in [0.1, 0.15) is 0 Å². The molecule has 0 aromatic rings. The second kappa shape index (κ2) is 13.6. The lowest BCUT2D eigenvalue weighted by Crippen LogP contribution is -2.13. The van der Waals surface area contributed by atoms with E-state index in [9.17, 15) is 9.59 Å². The van der Waals surface area contributed by atoms with Gasteiger partial charge in [-0.1, -0.05) is 65.2 Å². The highest BCUT2D eigenvalue weighted by molar-refractivity contribution is 5.67. The van der Waals surface area contributed by atoms with E-state index in [-0.39, 0.29) is 0 Å². The Morgan fingerprint density at radius 1 is 0.727 bits per heavy atom. The Bertz CT molecular complexity index is 299. The van der Waals surface area contributed by atoms with Crippen LogP contribution in [0.2, 0.25) is 0 Å². The summed E-state index contributed by atoms with van der Waals surface area (Å²) < 4.78 is 0. The number of hydrogen-bond donors (Lipinski definition) is 2. The summed E-state index contributed by atoms with van der Waals surface area (Å²) in [6.07, 6.45) is 11.8. The van der Waals surface area contributed by atoms with E-state index in [2.05, 4.69) is 13.8 Å². The maximum absolute atomic E-state index is 10.8. The minimum absolute atomic E-state index is 0.299. The first-order chi connectivity index (χ1) is 10.4. The fraction of sp³-hybridized carbons (Fsp3) is 0.889. The van der Waals surface area contributed by atoms with Crippen LogP contribution in [0.1, 0.15) is 90.9 Å². The monoisotopic (exact) mass is 314 g/mol. The van der Waals surface area contributed by atoms with Gasteiger partial charge >= 0.3 is 11.9 Å². The smallest absolute Gasteiger partial charge is 0.303 e. The maximum Gasteiger partial charge on any atom is 0.303 e. The van der Waals surface area contributed by atoms with E-state index < -0.39 is 11.9 Å². The van der Waals surface area contributed by atoms with Crippen molar-refractivity contribution >= 4 is 11.9 Å². The summed E-state index contributed by atoms with van der Waals surface area (Å²) in [4.78, 5) is 21.2. The average Bonchev–Trinajstić information content (AvgIpc) is 2.42. The van der Waals surface area contributed by atoms with Gasteiger partial charge in [-0.25, -0.2) is 0 Å². The largest absolute Gasteiger partial charge is 0.481 e. The van der Waals surface area contributed by atoms with Crippen LogP contribution in [-0.4, -0.2) is 22.2 Å². The number of carbonyl (C=O) groups is 2. The van der Waals surface area contributed by atoms with Gasteiger partial charge in [0.15, 0.2) is 0 Å². The fourth-order valence-electron chi connectivity index (χ4n) is 2.82. The van der Waals surface area contributed by atoms with Crippen LogP contribution in [0.3, 0.4) is 0 Å². The van der Waals surface area contributed by atoms with Gasteiger partial charge < -0.3 is 10.2 Å². The van der Waals surface area contributed by atoms with Crippen molar-refractivity contribution < 1.29 is 19.8 Å². The van der Waals surface area contributed by atoms with E-state index in [1.165, 1.54) is 32.1 Å². The van der Waals surface area contributed by atoms with E-state index in [1.807, 2.05) is 0 Å². The zero-order valence-corrected chi connectivity index (χ0v) is 14.4. The van der Waals surface area contributed by atoms with Crippen LogP contribution in [0, 0.1) is 11.8 Å². The number of carboxylic acid groups (broad SMARTS) is 2. The molecule has 0 aliphatic rings. The van der Waals surface area contributed by atoms with Crippen molar-refractivity contribution in [2.75, 3.05) is 0 Å². The molecule has 22 heavy (non-hydrogen) atoms. The third-order valence-corrected chi connectivity index (χ3v) is 4.35. The molecule has 0 radical (unpaired) electrons. The summed E-state index contributed by atoms with van der Waals surface area (Å²) in [5.74, 6) is -0.613. The number of aliphatic carboxylic acids is 2. The molecule has 0 aliphatic carbocycles. The quantitative estimate of drug-likeness (QED) is 0.412. The lowest BCUT2D eigenvalue weighted by molar-refractivity contribution is -0.139. The van der Waals surface area contributed by atoms with E-state index >= 15 is 0 Å². The Balaban J connectivity index is 3.38. The standard InChI is InChI=1S/C18H34O4/c1-15(2)16(14-18(21)22)12-10-8-6-4-3-5-7-9-11-13-17(19)20/h15-16H,3-14H2,1-2H3,(H,19,20)(H,21,22). The summed E-state index contributed by atoms with van der Waals surface area (Å²) in [6.45, 7) is 4.22. The van der Waals surface area contributed by atoms with E-state index in [4.69, 9.17) is 10.2 Å².